The van der Waals surface area contributed by atoms with Gasteiger partial charge in [-0.3, -0.25) is 20.4 Å². The van der Waals surface area contributed by atoms with Crippen molar-refractivity contribution in [1.82, 2.24) is 10.9 Å². The molecule has 5 nitrogen and oxygen atoms in total. The van der Waals surface area contributed by atoms with Crippen LogP contribution in [0.3, 0.4) is 0 Å². The summed E-state index contributed by atoms with van der Waals surface area (Å²) in [5.41, 5.74) is 5.32. The van der Waals surface area contributed by atoms with Gasteiger partial charge in [-0.15, -0.1) is 0 Å². The van der Waals surface area contributed by atoms with Gasteiger partial charge in [0.05, 0.1) is 6.61 Å². The molecule has 0 aliphatic rings. The van der Waals surface area contributed by atoms with Gasteiger partial charge in [-0.25, -0.2) is 0 Å². The second kappa shape index (κ2) is 9.82. The average molecular weight is 306 g/mol. The van der Waals surface area contributed by atoms with Crippen molar-refractivity contribution in [3.05, 3.63) is 29.8 Å². The van der Waals surface area contributed by atoms with E-state index < -0.39 is 0 Å². The number of carbonyl (C=O) groups excluding carboxylic acids is 2. The summed E-state index contributed by atoms with van der Waals surface area (Å²) in [6, 6.07) is 6.85. The Morgan fingerprint density at radius 2 is 1.77 bits per heavy atom. The third kappa shape index (κ3) is 7.11. The molecular weight excluding hydrogens is 280 g/mol. The number of hydrazine groups is 1. The highest BCUT2D eigenvalue weighted by molar-refractivity contribution is 5.95. The predicted molar refractivity (Wildman–Crippen MR) is 86.5 cm³/mol. The SMILES string of the molecule is CCCCCC(=O)NNC(=O)c1ccc(OCC(C)C)cc1. The molecule has 1 rings (SSSR count). The minimum atomic E-state index is -0.334. The average Bonchev–Trinajstić information content (AvgIpc) is 2.51. The first-order valence-electron chi connectivity index (χ1n) is 7.85. The summed E-state index contributed by atoms with van der Waals surface area (Å²) in [5, 5.41) is 0. The van der Waals surface area contributed by atoms with Crippen LogP contribution in [0.2, 0.25) is 0 Å². The van der Waals surface area contributed by atoms with Gasteiger partial charge in [0, 0.05) is 12.0 Å². The molecule has 0 spiro atoms. The van der Waals surface area contributed by atoms with Crippen molar-refractivity contribution in [2.24, 2.45) is 5.92 Å². The lowest BCUT2D eigenvalue weighted by Gasteiger charge is -2.10. The number of ether oxygens (including phenoxy) is 1. The Labute approximate surface area is 132 Å². The van der Waals surface area contributed by atoms with E-state index in [1.54, 1.807) is 24.3 Å². The normalized spacial score (nSPS) is 10.4. The molecule has 1 aromatic carbocycles. The molecular formula is C17H26N2O3. The second-order valence-corrected chi connectivity index (χ2v) is 5.69. The van der Waals surface area contributed by atoms with Crippen molar-refractivity contribution >= 4 is 11.8 Å². The van der Waals surface area contributed by atoms with Crippen LogP contribution in [0.4, 0.5) is 0 Å². The Morgan fingerprint density at radius 1 is 1.09 bits per heavy atom. The van der Waals surface area contributed by atoms with Gasteiger partial charge in [0.15, 0.2) is 0 Å². The minimum absolute atomic E-state index is 0.168. The van der Waals surface area contributed by atoms with Crippen molar-refractivity contribution in [1.29, 1.82) is 0 Å². The third-order valence-corrected chi connectivity index (χ3v) is 3.02. The lowest BCUT2D eigenvalue weighted by Crippen LogP contribution is -2.41. The largest absolute Gasteiger partial charge is 0.493 e. The summed E-state index contributed by atoms with van der Waals surface area (Å²) in [6.07, 6.45) is 3.33. The van der Waals surface area contributed by atoms with E-state index in [9.17, 15) is 9.59 Å². The van der Waals surface area contributed by atoms with Crippen molar-refractivity contribution in [2.45, 2.75) is 46.5 Å². The van der Waals surface area contributed by atoms with E-state index in [0.717, 1.165) is 25.0 Å². The predicted octanol–water partition coefficient (Wildman–Crippen LogP) is 3.06. The zero-order valence-corrected chi connectivity index (χ0v) is 13.6. The summed E-state index contributed by atoms with van der Waals surface area (Å²) in [5.74, 6) is 0.678. The number of hydrogen-bond donors (Lipinski definition) is 2. The monoisotopic (exact) mass is 306 g/mol. The molecule has 0 saturated carbocycles. The van der Waals surface area contributed by atoms with Crippen LogP contribution in [-0.2, 0) is 4.79 Å². The van der Waals surface area contributed by atoms with Crippen LogP contribution < -0.4 is 15.6 Å². The number of hydrogen-bond acceptors (Lipinski definition) is 3. The number of benzene rings is 1. The van der Waals surface area contributed by atoms with Crippen molar-refractivity contribution in [2.75, 3.05) is 6.61 Å². The maximum Gasteiger partial charge on any atom is 0.269 e. The van der Waals surface area contributed by atoms with E-state index in [1.807, 2.05) is 0 Å². The number of amides is 2. The van der Waals surface area contributed by atoms with Crippen LogP contribution in [0.5, 0.6) is 5.75 Å². The van der Waals surface area contributed by atoms with E-state index in [1.165, 1.54) is 0 Å². The van der Waals surface area contributed by atoms with Gasteiger partial charge in [0.25, 0.3) is 5.91 Å². The molecule has 0 fully saturated rings. The van der Waals surface area contributed by atoms with Gasteiger partial charge < -0.3 is 4.74 Å². The molecule has 22 heavy (non-hydrogen) atoms. The van der Waals surface area contributed by atoms with Gasteiger partial charge in [-0.05, 0) is 36.6 Å². The lowest BCUT2D eigenvalue weighted by molar-refractivity contribution is -0.121. The van der Waals surface area contributed by atoms with Gasteiger partial charge in [0.1, 0.15) is 5.75 Å². The molecule has 0 radical (unpaired) electrons. The second-order valence-electron chi connectivity index (χ2n) is 5.69. The zero-order chi connectivity index (χ0) is 16.4. The maximum absolute atomic E-state index is 11.9. The molecule has 2 amide bonds. The summed E-state index contributed by atoms with van der Waals surface area (Å²) in [4.78, 5) is 23.4. The highest BCUT2D eigenvalue weighted by Gasteiger charge is 2.07. The minimum Gasteiger partial charge on any atom is -0.493 e. The van der Waals surface area contributed by atoms with Crippen LogP contribution in [0.1, 0.15) is 56.8 Å². The summed E-state index contributed by atoms with van der Waals surface area (Å²) < 4.78 is 5.55. The molecule has 1 aromatic rings. The van der Waals surface area contributed by atoms with Crippen molar-refractivity contribution in [3.8, 4) is 5.75 Å². The van der Waals surface area contributed by atoms with E-state index in [0.29, 0.717) is 24.5 Å². The summed E-state index contributed by atoms with van der Waals surface area (Å²) in [6.45, 7) is 6.86. The molecule has 0 heterocycles. The molecule has 0 aliphatic heterocycles. The fourth-order valence-electron chi connectivity index (χ4n) is 1.76. The topological polar surface area (TPSA) is 67.4 Å². The molecule has 5 heteroatoms. The van der Waals surface area contributed by atoms with Crippen LogP contribution >= 0.6 is 0 Å². The molecule has 0 atom stereocenters. The summed E-state index contributed by atoms with van der Waals surface area (Å²) >= 11 is 0. The van der Waals surface area contributed by atoms with Gasteiger partial charge in [0.2, 0.25) is 5.91 Å². The number of carbonyl (C=O) groups is 2. The number of nitrogens with one attached hydrogen (secondary N) is 2. The first-order valence-corrected chi connectivity index (χ1v) is 7.85. The van der Waals surface area contributed by atoms with Crippen LogP contribution in [0.25, 0.3) is 0 Å². The summed E-state index contributed by atoms with van der Waals surface area (Å²) in [7, 11) is 0. The lowest BCUT2D eigenvalue weighted by atomic mass is 10.2. The Hall–Kier alpha value is -2.04. The van der Waals surface area contributed by atoms with Crippen LogP contribution in [0.15, 0.2) is 24.3 Å². The Kier molecular flexibility index (Phi) is 8.04. The fraction of sp³-hybridized carbons (Fsp3) is 0.529. The Bertz CT molecular complexity index is 469. The first-order chi connectivity index (χ1) is 10.5. The molecule has 0 aromatic heterocycles. The number of unbranched alkanes of at least 4 members (excludes halogenated alkanes) is 2. The molecule has 0 unspecified atom stereocenters. The van der Waals surface area contributed by atoms with Gasteiger partial charge >= 0.3 is 0 Å². The maximum atomic E-state index is 11.9. The Balaban J connectivity index is 2.37. The van der Waals surface area contributed by atoms with Crippen LogP contribution in [-0.4, -0.2) is 18.4 Å². The molecule has 0 bridgehead atoms. The highest BCUT2D eigenvalue weighted by Crippen LogP contribution is 2.13. The van der Waals surface area contributed by atoms with Crippen molar-refractivity contribution < 1.29 is 14.3 Å². The highest BCUT2D eigenvalue weighted by atomic mass is 16.5. The molecule has 2 N–H and O–H groups in total. The molecule has 0 aliphatic carbocycles. The van der Waals surface area contributed by atoms with Crippen LogP contribution in [0, 0.1) is 5.92 Å². The first kappa shape index (κ1) is 18.0. The standard InChI is InChI=1S/C17H26N2O3/c1-4-5-6-7-16(20)18-19-17(21)14-8-10-15(11-9-14)22-12-13(2)3/h8-11,13H,4-7,12H2,1-3H3,(H,18,20)(H,19,21). The van der Waals surface area contributed by atoms with Gasteiger partial charge in [-0.1, -0.05) is 33.6 Å². The molecule has 122 valence electrons. The smallest absolute Gasteiger partial charge is 0.269 e. The zero-order valence-electron chi connectivity index (χ0n) is 13.6. The Morgan fingerprint density at radius 3 is 2.36 bits per heavy atom. The van der Waals surface area contributed by atoms with Gasteiger partial charge in [-0.2, -0.15) is 0 Å². The fourth-order valence-corrected chi connectivity index (χ4v) is 1.76. The van der Waals surface area contributed by atoms with Crippen molar-refractivity contribution in [3.63, 3.8) is 0 Å². The quantitative estimate of drug-likeness (QED) is 0.573. The third-order valence-electron chi connectivity index (χ3n) is 3.02. The van der Waals surface area contributed by atoms with E-state index >= 15 is 0 Å². The molecule has 0 saturated heterocycles. The van der Waals surface area contributed by atoms with E-state index in [-0.39, 0.29) is 11.8 Å². The van der Waals surface area contributed by atoms with E-state index in [2.05, 4.69) is 31.6 Å². The number of rotatable bonds is 8. The van der Waals surface area contributed by atoms with E-state index in [4.69, 9.17) is 4.74 Å².